The summed E-state index contributed by atoms with van der Waals surface area (Å²) in [4.78, 5) is 36.0. The highest BCUT2D eigenvalue weighted by Gasteiger charge is 2.35. The molecule has 7 nitrogen and oxygen atoms in total. The van der Waals surface area contributed by atoms with Crippen LogP contribution >= 0.6 is 0 Å². The average Bonchev–Trinajstić information content (AvgIpc) is 3.56. The summed E-state index contributed by atoms with van der Waals surface area (Å²) in [6, 6.07) is 15.6. The number of hydrogen-bond acceptors (Lipinski definition) is 4. The number of amides is 2. The van der Waals surface area contributed by atoms with Crippen LogP contribution in [0.3, 0.4) is 0 Å². The fraction of sp³-hybridized carbons (Fsp3) is 0.444. The number of fused-ring (bicyclic) bond motifs is 3. The fourth-order valence-electron chi connectivity index (χ4n) is 5.25. The van der Waals surface area contributed by atoms with Crippen molar-refractivity contribution in [2.24, 2.45) is 11.8 Å². The molecule has 7 heteroatoms. The van der Waals surface area contributed by atoms with Crippen LogP contribution in [0, 0.1) is 11.8 Å². The van der Waals surface area contributed by atoms with Crippen LogP contribution in [-0.4, -0.2) is 41.8 Å². The predicted molar refractivity (Wildman–Crippen MR) is 126 cm³/mol. The van der Waals surface area contributed by atoms with E-state index in [1.54, 1.807) is 0 Å². The number of benzene rings is 2. The molecule has 0 aliphatic heterocycles. The minimum Gasteiger partial charge on any atom is -0.480 e. The number of hydrogen-bond donors (Lipinski definition) is 3. The van der Waals surface area contributed by atoms with E-state index in [9.17, 15) is 19.5 Å². The lowest BCUT2D eigenvalue weighted by atomic mass is 9.78. The van der Waals surface area contributed by atoms with Crippen molar-refractivity contribution in [3.63, 3.8) is 0 Å². The van der Waals surface area contributed by atoms with Gasteiger partial charge in [0.25, 0.3) is 0 Å². The molecule has 0 saturated heterocycles. The minimum atomic E-state index is -0.969. The Morgan fingerprint density at radius 2 is 1.56 bits per heavy atom. The Bertz CT molecular complexity index is 1040. The van der Waals surface area contributed by atoms with Crippen molar-refractivity contribution < 1.29 is 24.2 Å². The molecule has 3 N–H and O–H groups in total. The Kier molecular flexibility index (Phi) is 6.26. The van der Waals surface area contributed by atoms with Crippen molar-refractivity contribution in [2.75, 3.05) is 6.61 Å². The van der Waals surface area contributed by atoms with Gasteiger partial charge in [-0.3, -0.25) is 4.79 Å². The van der Waals surface area contributed by atoms with Gasteiger partial charge in [0, 0.05) is 18.4 Å². The molecule has 1 unspecified atom stereocenters. The van der Waals surface area contributed by atoms with Crippen molar-refractivity contribution in [1.29, 1.82) is 0 Å². The predicted octanol–water partition coefficient (Wildman–Crippen LogP) is 4.06. The zero-order chi connectivity index (χ0) is 23.7. The molecule has 5 rings (SSSR count). The zero-order valence-electron chi connectivity index (χ0n) is 19.0. The molecule has 3 aliphatic carbocycles. The van der Waals surface area contributed by atoms with Crippen LogP contribution in [0.4, 0.5) is 4.79 Å². The van der Waals surface area contributed by atoms with E-state index in [2.05, 4.69) is 34.9 Å². The number of carboxylic acid groups (broad SMARTS) is 1. The summed E-state index contributed by atoms with van der Waals surface area (Å²) in [6.45, 7) is 0.274. The van der Waals surface area contributed by atoms with Crippen LogP contribution in [-0.2, 0) is 14.3 Å². The van der Waals surface area contributed by atoms with E-state index >= 15 is 0 Å². The molecular formula is C27H30N2O5. The first-order chi connectivity index (χ1) is 16.5. The van der Waals surface area contributed by atoms with Gasteiger partial charge in [0.05, 0.1) is 0 Å². The number of rotatable bonds is 9. The summed E-state index contributed by atoms with van der Waals surface area (Å²) in [6.07, 6.45) is 3.84. The van der Waals surface area contributed by atoms with E-state index < -0.39 is 18.1 Å². The lowest BCUT2D eigenvalue weighted by Gasteiger charge is -2.35. The molecule has 2 aromatic carbocycles. The first kappa shape index (κ1) is 22.4. The standard InChI is InChI=1S/C27H30N2O5/c30-25(29-24(26(31)32)13-16-9-10-16)14-17-11-18(12-17)28-27(33)34-15-23-21-7-3-1-5-19(21)20-6-2-4-8-22(20)23/h1-8,16-18,23-24H,9-15H2,(H,28,33)(H,29,30)(H,31,32). The van der Waals surface area contributed by atoms with Crippen molar-refractivity contribution >= 4 is 18.0 Å². The van der Waals surface area contributed by atoms with Gasteiger partial charge in [-0.15, -0.1) is 0 Å². The molecule has 34 heavy (non-hydrogen) atoms. The van der Waals surface area contributed by atoms with Crippen LogP contribution in [0.2, 0.25) is 0 Å². The fourth-order valence-corrected chi connectivity index (χ4v) is 5.25. The van der Waals surface area contributed by atoms with Crippen LogP contribution in [0.1, 0.15) is 55.6 Å². The highest BCUT2D eigenvalue weighted by Crippen LogP contribution is 2.44. The van der Waals surface area contributed by atoms with Crippen molar-refractivity contribution in [3.05, 3.63) is 59.7 Å². The largest absolute Gasteiger partial charge is 0.480 e. The number of alkyl carbamates (subject to hydrolysis) is 1. The summed E-state index contributed by atoms with van der Waals surface area (Å²) in [5.41, 5.74) is 4.73. The van der Waals surface area contributed by atoms with Gasteiger partial charge in [-0.25, -0.2) is 9.59 Å². The van der Waals surface area contributed by atoms with E-state index in [0.717, 1.165) is 12.8 Å². The maximum atomic E-state index is 12.4. The maximum absolute atomic E-state index is 12.4. The maximum Gasteiger partial charge on any atom is 0.407 e. The Labute approximate surface area is 198 Å². The summed E-state index contributed by atoms with van der Waals surface area (Å²) in [5.74, 6) is -0.597. The van der Waals surface area contributed by atoms with Crippen molar-refractivity contribution in [2.45, 2.75) is 56.5 Å². The monoisotopic (exact) mass is 462 g/mol. The SMILES string of the molecule is O=C(CC1CC(NC(=O)OCC2c3ccccc3-c3ccccc32)C1)NC(CC1CC1)C(=O)O. The summed E-state index contributed by atoms with van der Waals surface area (Å²) in [5, 5.41) is 14.9. The minimum absolute atomic E-state index is 0.0183. The lowest BCUT2D eigenvalue weighted by molar-refractivity contribution is -0.142. The first-order valence-electron chi connectivity index (χ1n) is 12.1. The number of aliphatic carboxylic acids is 1. The smallest absolute Gasteiger partial charge is 0.407 e. The Balaban J connectivity index is 1.05. The van der Waals surface area contributed by atoms with Gasteiger partial charge in [-0.2, -0.15) is 0 Å². The van der Waals surface area contributed by atoms with Gasteiger partial charge in [0.1, 0.15) is 12.6 Å². The first-order valence-corrected chi connectivity index (χ1v) is 12.1. The number of carbonyl (C=O) groups is 3. The van der Waals surface area contributed by atoms with Crippen molar-refractivity contribution in [1.82, 2.24) is 10.6 Å². The van der Waals surface area contributed by atoms with E-state index in [-0.39, 0.29) is 36.8 Å². The Morgan fingerprint density at radius 1 is 0.941 bits per heavy atom. The van der Waals surface area contributed by atoms with Gasteiger partial charge in [0.2, 0.25) is 5.91 Å². The van der Waals surface area contributed by atoms with Gasteiger partial charge < -0.3 is 20.5 Å². The van der Waals surface area contributed by atoms with Crippen LogP contribution in [0.25, 0.3) is 11.1 Å². The van der Waals surface area contributed by atoms with Gasteiger partial charge in [-0.1, -0.05) is 61.4 Å². The third-order valence-corrected chi connectivity index (χ3v) is 7.27. The van der Waals surface area contributed by atoms with Gasteiger partial charge in [0.15, 0.2) is 0 Å². The summed E-state index contributed by atoms with van der Waals surface area (Å²) < 4.78 is 5.59. The molecule has 2 fully saturated rings. The molecule has 1 atom stereocenters. The molecule has 0 bridgehead atoms. The second-order valence-corrected chi connectivity index (χ2v) is 9.85. The van der Waals surface area contributed by atoms with Gasteiger partial charge in [-0.05, 0) is 53.4 Å². The third-order valence-electron chi connectivity index (χ3n) is 7.27. The third kappa shape index (κ3) is 4.93. The summed E-state index contributed by atoms with van der Waals surface area (Å²) in [7, 11) is 0. The number of ether oxygens (including phenoxy) is 1. The molecular weight excluding hydrogens is 432 g/mol. The Morgan fingerprint density at radius 3 is 2.15 bits per heavy atom. The second kappa shape index (κ2) is 9.49. The quantitative estimate of drug-likeness (QED) is 0.521. The van der Waals surface area contributed by atoms with E-state index in [4.69, 9.17) is 4.74 Å². The van der Waals surface area contributed by atoms with E-state index in [1.165, 1.54) is 22.3 Å². The molecule has 2 aromatic rings. The topological polar surface area (TPSA) is 105 Å². The second-order valence-electron chi connectivity index (χ2n) is 9.85. The molecule has 0 spiro atoms. The van der Waals surface area contributed by atoms with Crippen LogP contribution in [0.15, 0.2) is 48.5 Å². The number of carbonyl (C=O) groups excluding carboxylic acids is 2. The van der Waals surface area contributed by atoms with Crippen LogP contribution < -0.4 is 10.6 Å². The highest BCUT2D eigenvalue weighted by atomic mass is 16.5. The highest BCUT2D eigenvalue weighted by molar-refractivity contribution is 5.83. The molecule has 0 heterocycles. The molecule has 2 saturated carbocycles. The van der Waals surface area contributed by atoms with Crippen LogP contribution in [0.5, 0.6) is 0 Å². The number of carboxylic acids is 1. The zero-order valence-corrected chi connectivity index (χ0v) is 19.0. The van der Waals surface area contributed by atoms with Crippen molar-refractivity contribution in [3.8, 4) is 11.1 Å². The normalized spacial score (nSPS) is 21.5. The van der Waals surface area contributed by atoms with E-state index in [1.807, 2.05) is 24.3 Å². The molecule has 2 amide bonds. The lowest BCUT2D eigenvalue weighted by Crippen LogP contribution is -2.47. The average molecular weight is 463 g/mol. The number of nitrogens with one attached hydrogen (secondary N) is 2. The molecule has 0 aromatic heterocycles. The van der Waals surface area contributed by atoms with E-state index in [0.29, 0.717) is 25.2 Å². The summed E-state index contributed by atoms with van der Waals surface area (Å²) >= 11 is 0. The molecule has 3 aliphatic rings. The Hall–Kier alpha value is -3.35. The van der Waals surface area contributed by atoms with Gasteiger partial charge >= 0.3 is 12.1 Å². The molecule has 178 valence electrons. The molecule has 0 radical (unpaired) electrons.